The topological polar surface area (TPSA) is 24.9 Å². The monoisotopic (exact) mass is 196 g/mol. The van der Waals surface area contributed by atoms with Crippen molar-refractivity contribution in [1.29, 1.82) is 0 Å². The van der Waals surface area contributed by atoms with Gasteiger partial charge in [0.15, 0.2) is 0 Å². The van der Waals surface area contributed by atoms with Crippen molar-refractivity contribution < 1.29 is 0 Å². The number of aromatic nitrogens is 1. The quantitative estimate of drug-likeness (QED) is 0.747. The van der Waals surface area contributed by atoms with Crippen LogP contribution in [0.1, 0.15) is 30.9 Å². The molecule has 1 aliphatic heterocycles. The smallest absolute Gasteiger partial charge is 0.0592 e. The van der Waals surface area contributed by atoms with E-state index in [0.717, 1.165) is 11.6 Å². The lowest BCUT2D eigenvalue weighted by Crippen LogP contribution is -2.26. The summed E-state index contributed by atoms with van der Waals surface area (Å²) in [6.45, 7) is 1.11. The number of halogens is 1. The summed E-state index contributed by atoms with van der Waals surface area (Å²) in [6, 6.07) is 2.46. The van der Waals surface area contributed by atoms with E-state index >= 15 is 0 Å². The highest BCUT2D eigenvalue weighted by molar-refractivity contribution is 6.30. The van der Waals surface area contributed by atoms with Crippen molar-refractivity contribution in [2.45, 2.75) is 25.3 Å². The summed E-state index contributed by atoms with van der Waals surface area (Å²) in [6.07, 6.45) is 7.35. The summed E-state index contributed by atoms with van der Waals surface area (Å²) in [5, 5.41) is 4.19. The molecule has 3 heteroatoms. The molecule has 0 amide bonds. The molecule has 70 valence electrons. The number of hydrogen-bond donors (Lipinski definition) is 1. The average Bonchev–Trinajstić information content (AvgIpc) is 2.19. The Hall–Kier alpha value is -0.600. The molecule has 1 aromatic heterocycles. The molecule has 2 heterocycles. The van der Waals surface area contributed by atoms with Crippen molar-refractivity contribution in [3.8, 4) is 0 Å². The molecule has 0 unspecified atom stereocenters. The summed E-state index contributed by atoms with van der Waals surface area (Å²) in [7, 11) is 0. The predicted octanol–water partition coefficient (Wildman–Crippen LogP) is 2.55. The van der Waals surface area contributed by atoms with Crippen LogP contribution >= 0.6 is 11.6 Å². The molecule has 1 atom stereocenters. The Kier molecular flexibility index (Phi) is 2.81. The maximum atomic E-state index is 5.87. The summed E-state index contributed by atoms with van der Waals surface area (Å²) in [5.74, 6) is 0. The SMILES string of the molecule is Clc1cncc([C@H]2CCCCN2)c1. The van der Waals surface area contributed by atoms with E-state index in [4.69, 9.17) is 11.6 Å². The van der Waals surface area contributed by atoms with Crippen LogP contribution in [0.3, 0.4) is 0 Å². The second-order valence-corrected chi connectivity index (χ2v) is 3.88. The van der Waals surface area contributed by atoms with Gasteiger partial charge in [0, 0.05) is 18.4 Å². The Balaban J connectivity index is 2.14. The van der Waals surface area contributed by atoms with Crippen LogP contribution in [0.15, 0.2) is 18.5 Å². The number of nitrogens with one attached hydrogen (secondary N) is 1. The maximum Gasteiger partial charge on any atom is 0.0592 e. The molecular weight excluding hydrogens is 184 g/mol. The van der Waals surface area contributed by atoms with Gasteiger partial charge >= 0.3 is 0 Å². The molecule has 0 aliphatic carbocycles. The van der Waals surface area contributed by atoms with Gasteiger partial charge in [0.1, 0.15) is 0 Å². The Labute approximate surface area is 83.3 Å². The Morgan fingerprint density at radius 2 is 2.31 bits per heavy atom. The van der Waals surface area contributed by atoms with E-state index in [2.05, 4.69) is 10.3 Å². The largest absolute Gasteiger partial charge is 0.310 e. The minimum absolute atomic E-state index is 0.458. The van der Waals surface area contributed by atoms with Crippen molar-refractivity contribution in [3.05, 3.63) is 29.0 Å². The minimum Gasteiger partial charge on any atom is -0.310 e. The number of pyridine rings is 1. The van der Waals surface area contributed by atoms with Gasteiger partial charge in [-0.15, -0.1) is 0 Å². The van der Waals surface area contributed by atoms with Crippen LogP contribution < -0.4 is 5.32 Å². The van der Waals surface area contributed by atoms with E-state index < -0.39 is 0 Å². The molecule has 0 saturated carbocycles. The summed E-state index contributed by atoms with van der Waals surface area (Å²) in [5.41, 5.74) is 1.22. The lowest BCUT2D eigenvalue weighted by Gasteiger charge is -2.23. The molecule has 1 N–H and O–H groups in total. The van der Waals surface area contributed by atoms with Crippen LogP contribution in [0.5, 0.6) is 0 Å². The molecule has 13 heavy (non-hydrogen) atoms. The van der Waals surface area contributed by atoms with E-state index in [0.29, 0.717) is 6.04 Å². The summed E-state index contributed by atoms with van der Waals surface area (Å²) < 4.78 is 0. The minimum atomic E-state index is 0.458. The fraction of sp³-hybridized carbons (Fsp3) is 0.500. The van der Waals surface area contributed by atoms with E-state index in [9.17, 15) is 0 Å². The molecule has 1 fully saturated rings. The van der Waals surface area contributed by atoms with Crippen LogP contribution in [-0.2, 0) is 0 Å². The van der Waals surface area contributed by atoms with Gasteiger partial charge in [0.2, 0.25) is 0 Å². The van der Waals surface area contributed by atoms with Gasteiger partial charge < -0.3 is 5.32 Å². The van der Waals surface area contributed by atoms with Gasteiger partial charge in [0.25, 0.3) is 0 Å². The van der Waals surface area contributed by atoms with Crippen molar-refractivity contribution in [1.82, 2.24) is 10.3 Å². The van der Waals surface area contributed by atoms with Crippen molar-refractivity contribution in [2.24, 2.45) is 0 Å². The fourth-order valence-corrected chi connectivity index (χ4v) is 1.94. The molecule has 1 aromatic rings. The van der Waals surface area contributed by atoms with Crippen molar-refractivity contribution >= 4 is 11.6 Å². The van der Waals surface area contributed by atoms with Crippen LogP contribution in [0.2, 0.25) is 5.02 Å². The summed E-state index contributed by atoms with van der Waals surface area (Å²) in [4.78, 5) is 4.09. The van der Waals surface area contributed by atoms with Gasteiger partial charge in [-0.25, -0.2) is 0 Å². The van der Waals surface area contributed by atoms with Crippen molar-refractivity contribution in [2.75, 3.05) is 6.54 Å². The van der Waals surface area contributed by atoms with Gasteiger partial charge in [-0.05, 0) is 31.0 Å². The van der Waals surface area contributed by atoms with Crippen LogP contribution in [0.25, 0.3) is 0 Å². The average molecular weight is 197 g/mol. The Morgan fingerprint density at radius 3 is 3.00 bits per heavy atom. The van der Waals surface area contributed by atoms with E-state index in [-0.39, 0.29) is 0 Å². The van der Waals surface area contributed by atoms with E-state index in [1.165, 1.54) is 24.8 Å². The number of nitrogens with zero attached hydrogens (tertiary/aromatic N) is 1. The van der Waals surface area contributed by atoms with Gasteiger partial charge in [-0.1, -0.05) is 18.0 Å². The van der Waals surface area contributed by atoms with Crippen molar-refractivity contribution in [3.63, 3.8) is 0 Å². The molecule has 0 radical (unpaired) electrons. The first kappa shape index (κ1) is 8.97. The molecule has 0 bridgehead atoms. The normalized spacial score (nSPS) is 23.0. The highest BCUT2D eigenvalue weighted by Crippen LogP contribution is 2.23. The predicted molar refractivity (Wildman–Crippen MR) is 53.8 cm³/mol. The highest BCUT2D eigenvalue weighted by atomic mass is 35.5. The second-order valence-electron chi connectivity index (χ2n) is 3.44. The maximum absolute atomic E-state index is 5.87. The lowest BCUT2D eigenvalue weighted by molar-refractivity contribution is 0.411. The zero-order valence-corrected chi connectivity index (χ0v) is 8.22. The van der Waals surface area contributed by atoms with E-state index in [1.807, 2.05) is 12.3 Å². The molecule has 0 spiro atoms. The lowest BCUT2D eigenvalue weighted by atomic mass is 9.99. The number of rotatable bonds is 1. The zero-order valence-electron chi connectivity index (χ0n) is 7.46. The number of piperidine rings is 1. The second kappa shape index (κ2) is 4.07. The first-order valence-corrected chi connectivity index (χ1v) is 5.08. The third kappa shape index (κ3) is 2.20. The highest BCUT2D eigenvalue weighted by Gasteiger charge is 2.14. The Morgan fingerprint density at radius 1 is 1.38 bits per heavy atom. The van der Waals surface area contributed by atoms with Crippen LogP contribution in [-0.4, -0.2) is 11.5 Å². The molecular formula is C10H13ClN2. The molecule has 1 aliphatic rings. The summed E-state index contributed by atoms with van der Waals surface area (Å²) >= 11 is 5.87. The van der Waals surface area contributed by atoms with Gasteiger partial charge in [-0.2, -0.15) is 0 Å². The number of hydrogen-bond acceptors (Lipinski definition) is 2. The fourth-order valence-electron chi connectivity index (χ4n) is 1.76. The van der Waals surface area contributed by atoms with Gasteiger partial charge in [0.05, 0.1) is 5.02 Å². The van der Waals surface area contributed by atoms with Crippen LogP contribution in [0, 0.1) is 0 Å². The standard InChI is InChI=1S/C10H13ClN2/c11-9-5-8(6-12-7-9)10-3-1-2-4-13-10/h5-7,10,13H,1-4H2/t10-/m1/s1. The third-order valence-corrected chi connectivity index (χ3v) is 2.65. The van der Waals surface area contributed by atoms with Gasteiger partial charge in [-0.3, -0.25) is 4.98 Å². The molecule has 1 saturated heterocycles. The Bertz CT molecular complexity index is 282. The third-order valence-electron chi connectivity index (χ3n) is 2.44. The molecule has 2 rings (SSSR count). The zero-order chi connectivity index (χ0) is 9.10. The van der Waals surface area contributed by atoms with E-state index in [1.54, 1.807) is 6.20 Å². The first-order valence-electron chi connectivity index (χ1n) is 4.70. The molecule has 0 aromatic carbocycles. The molecule has 2 nitrogen and oxygen atoms in total. The first-order chi connectivity index (χ1) is 6.36. The van der Waals surface area contributed by atoms with Crippen LogP contribution in [0.4, 0.5) is 0 Å².